The average molecular weight is 483 g/mol. The lowest BCUT2D eigenvalue weighted by Gasteiger charge is -2.36. The van der Waals surface area contributed by atoms with Gasteiger partial charge in [0.15, 0.2) is 0 Å². The van der Waals surface area contributed by atoms with Crippen molar-refractivity contribution in [2.75, 3.05) is 33.4 Å². The zero-order valence-corrected chi connectivity index (χ0v) is 20.7. The number of aryl methyl sites for hydroxylation is 1. The van der Waals surface area contributed by atoms with E-state index in [0.29, 0.717) is 49.5 Å². The maximum absolute atomic E-state index is 13.0. The molecule has 3 heterocycles. The van der Waals surface area contributed by atoms with Crippen LogP contribution in [0, 0.1) is 11.3 Å². The van der Waals surface area contributed by atoms with Crippen LogP contribution in [0.2, 0.25) is 0 Å². The molecular weight excluding hydrogens is 448 g/mol. The number of nitrogens with one attached hydrogen (secondary N) is 2. The van der Waals surface area contributed by atoms with Crippen molar-refractivity contribution in [1.29, 1.82) is 0 Å². The lowest BCUT2D eigenvalue weighted by atomic mass is 9.75. The number of benzene rings is 1. The highest BCUT2D eigenvalue weighted by Crippen LogP contribution is 2.38. The van der Waals surface area contributed by atoms with Gasteiger partial charge < -0.3 is 20.1 Å². The van der Waals surface area contributed by atoms with Gasteiger partial charge in [-0.25, -0.2) is 4.79 Å². The van der Waals surface area contributed by atoms with Gasteiger partial charge in [-0.1, -0.05) is 6.92 Å². The fourth-order valence-corrected chi connectivity index (χ4v) is 4.92. The molecule has 4 rings (SSSR count). The van der Waals surface area contributed by atoms with E-state index in [0.717, 1.165) is 30.5 Å². The molecule has 0 bridgehead atoms. The van der Waals surface area contributed by atoms with Crippen LogP contribution in [0.3, 0.4) is 0 Å². The van der Waals surface area contributed by atoms with Gasteiger partial charge in [-0.05, 0) is 68.2 Å². The van der Waals surface area contributed by atoms with Gasteiger partial charge in [-0.15, -0.1) is 0 Å². The first-order valence-electron chi connectivity index (χ1n) is 12.3. The van der Waals surface area contributed by atoms with E-state index in [9.17, 15) is 14.4 Å². The van der Waals surface area contributed by atoms with Crippen LogP contribution in [0.5, 0.6) is 0 Å². The summed E-state index contributed by atoms with van der Waals surface area (Å²) in [4.78, 5) is 37.2. The minimum atomic E-state index is -0.432. The topological polar surface area (TPSA) is 112 Å². The van der Waals surface area contributed by atoms with Crippen molar-refractivity contribution in [3.63, 3.8) is 0 Å². The van der Waals surface area contributed by atoms with Crippen molar-refractivity contribution in [2.45, 2.75) is 46.1 Å². The van der Waals surface area contributed by atoms with Gasteiger partial charge in [0.2, 0.25) is 0 Å². The number of esters is 1. The summed E-state index contributed by atoms with van der Waals surface area (Å²) in [6.07, 6.45) is 3.23. The Morgan fingerprint density at radius 2 is 1.91 bits per heavy atom. The minimum absolute atomic E-state index is 0.00788. The van der Waals surface area contributed by atoms with Crippen LogP contribution in [0.25, 0.3) is 0 Å². The minimum Gasteiger partial charge on any atom is -0.462 e. The molecule has 2 aromatic rings. The zero-order chi connectivity index (χ0) is 25.0. The van der Waals surface area contributed by atoms with E-state index in [-0.39, 0.29) is 29.8 Å². The summed E-state index contributed by atoms with van der Waals surface area (Å²) in [5, 5.41) is 10.5. The Bertz CT molecular complexity index is 1090. The molecule has 2 N–H and O–H groups in total. The van der Waals surface area contributed by atoms with E-state index in [1.165, 1.54) is 0 Å². The Balaban J connectivity index is 1.45. The lowest BCUT2D eigenvalue weighted by molar-refractivity contribution is 0.0160. The van der Waals surface area contributed by atoms with Gasteiger partial charge in [0.1, 0.15) is 5.69 Å². The summed E-state index contributed by atoms with van der Waals surface area (Å²) in [5.41, 5.74) is 3.45. The number of hydrogen-bond donors (Lipinski definition) is 2. The standard InChI is InChI=1S/C26H34N4O5/c1-4-30-22-20(14-26(16-28-24(22)32)9-11-34-12-10-26)21(29-30)13-17(2)15-35-25(33)19-7-5-18(6-8-19)23(31)27-3/h5-8,17H,4,9-16H2,1-3H3,(H,27,31)(H,28,32). The maximum atomic E-state index is 13.0. The molecule has 1 unspecified atom stereocenters. The van der Waals surface area contributed by atoms with Crippen LogP contribution < -0.4 is 10.6 Å². The van der Waals surface area contributed by atoms with E-state index < -0.39 is 5.97 Å². The second-order valence-electron chi connectivity index (χ2n) is 9.63. The number of carbonyl (C=O) groups excluding carboxylic acids is 3. The number of amides is 2. The number of carbonyl (C=O) groups is 3. The highest BCUT2D eigenvalue weighted by atomic mass is 16.5. The number of ether oxygens (including phenoxy) is 2. The smallest absolute Gasteiger partial charge is 0.338 e. The van der Waals surface area contributed by atoms with E-state index in [1.54, 1.807) is 36.0 Å². The van der Waals surface area contributed by atoms with Crippen LogP contribution in [0.4, 0.5) is 0 Å². The van der Waals surface area contributed by atoms with Crippen molar-refractivity contribution in [2.24, 2.45) is 11.3 Å². The molecule has 0 radical (unpaired) electrons. The van der Waals surface area contributed by atoms with Crippen molar-refractivity contribution >= 4 is 17.8 Å². The van der Waals surface area contributed by atoms with Crippen LogP contribution in [-0.4, -0.2) is 61.0 Å². The molecule has 1 fully saturated rings. The molecule has 2 aliphatic rings. The molecule has 0 aliphatic carbocycles. The molecule has 0 saturated carbocycles. The molecule has 2 amide bonds. The van der Waals surface area contributed by atoms with E-state index in [2.05, 4.69) is 10.6 Å². The number of hydrogen-bond acceptors (Lipinski definition) is 6. The third-order valence-electron chi connectivity index (χ3n) is 7.03. The van der Waals surface area contributed by atoms with Gasteiger partial charge in [0, 0.05) is 44.5 Å². The molecule has 1 aromatic heterocycles. The fraction of sp³-hybridized carbons (Fsp3) is 0.538. The summed E-state index contributed by atoms with van der Waals surface area (Å²) in [6, 6.07) is 6.38. The Morgan fingerprint density at radius 3 is 2.57 bits per heavy atom. The molecular formula is C26H34N4O5. The molecule has 9 nitrogen and oxygen atoms in total. The Kier molecular flexibility index (Phi) is 7.54. The highest BCUT2D eigenvalue weighted by molar-refractivity contribution is 5.96. The first-order valence-corrected chi connectivity index (χ1v) is 12.3. The maximum Gasteiger partial charge on any atom is 0.338 e. The number of fused-ring (bicyclic) bond motifs is 1. The predicted octanol–water partition coefficient (Wildman–Crippen LogP) is 2.38. The molecule has 9 heteroatoms. The molecule has 1 aromatic carbocycles. The second-order valence-corrected chi connectivity index (χ2v) is 9.63. The summed E-state index contributed by atoms with van der Waals surface area (Å²) in [7, 11) is 1.56. The van der Waals surface area contributed by atoms with Crippen LogP contribution >= 0.6 is 0 Å². The van der Waals surface area contributed by atoms with Crippen molar-refractivity contribution in [1.82, 2.24) is 20.4 Å². The highest BCUT2D eigenvalue weighted by Gasteiger charge is 2.39. The number of rotatable bonds is 7. The number of nitrogens with zero attached hydrogens (tertiary/aromatic N) is 2. The first-order chi connectivity index (χ1) is 16.9. The Hall–Kier alpha value is -3.20. The average Bonchev–Trinajstić information content (AvgIpc) is 3.15. The molecule has 1 spiro atoms. The Morgan fingerprint density at radius 1 is 1.23 bits per heavy atom. The van der Waals surface area contributed by atoms with E-state index in [4.69, 9.17) is 14.6 Å². The van der Waals surface area contributed by atoms with Crippen molar-refractivity contribution < 1.29 is 23.9 Å². The normalized spacial score (nSPS) is 17.7. The third-order valence-corrected chi connectivity index (χ3v) is 7.03. The summed E-state index contributed by atoms with van der Waals surface area (Å²) >= 11 is 0. The molecule has 35 heavy (non-hydrogen) atoms. The quantitative estimate of drug-likeness (QED) is 0.586. The van der Waals surface area contributed by atoms with Crippen LogP contribution in [0.15, 0.2) is 24.3 Å². The molecule has 188 valence electrons. The second kappa shape index (κ2) is 10.6. The molecule has 1 atom stereocenters. The van der Waals surface area contributed by atoms with Crippen LogP contribution in [0.1, 0.15) is 69.2 Å². The summed E-state index contributed by atoms with van der Waals surface area (Å²) in [5.74, 6) is -0.687. The Labute approximate surface area is 205 Å². The van der Waals surface area contributed by atoms with E-state index in [1.807, 2.05) is 13.8 Å². The summed E-state index contributed by atoms with van der Waals surface area (Å²) < 4.78 is 12.9. The molecule has 2 aliphatic heterocycles. The van der Waals surface area contributed by atoms with Crippen molar-refractivity contribution in [3.8, 4) is 0 Å². The molecule has 1 saturated heterocycles. The first kappa shape index (κ1) is 24.9. The number of aromatic nitrogens is 2. The SMILES string of the molecule is CCn1nc(CC(C)COC(=O)c2ccc(C(=O)NC)cc2)c2c1C(=O)NCC1(CCOCC1)C2. The fourth-order valence-electron chi connectivity index (χ4n) is 4.92. The lowest BCUT2D eigenvalue weighted by Crippen LogP contribution is -2.40. The van der Waals surface area contributed by atoms with E-state index >= 15 is 0 Å². The van der Waals surface area contributed by atoms with Gasteiger partial charge in [-0.2, -0.15) is 5.10 Å². The summed E-state index contributed by atoms with van der Waals surface area (Å²) in [6.45, 7) is 6.91. The zero-order valence-electron chi connectivity index (χ0n) is 20.7. The monoisotopic (exact) mass is 482 g/mol. The van der Waals surface area contributed by atoms with Gasteiger partial charge in [0.25, 0.3) is 11.8 Å². The van der Waals surface area contributed by atoms with Gasteiger partial charge in [0.05, 0.1) is 17.9 Å². The largest absolute Gasteiger partial charge is 0.462 e. The van der Waals surface area contributed by atoms with Crippen molar-refractivity contribution in [3.05, 3.63) is 52.3 Å². The third kappa shape index (κ3) is 5.40. The van der Waals surface area contributed by atoms with Gasteiger partial charge >= 0.3 is 5.97 Å². The van der Waals surface area contributed by atoms with Gasteiger partial charge in [-0.3, -0.25) is 14.3 Å². The predicted molar refractivity (Wildman–Crippen MR) is 129 cm³/mol. The van der Waals surface area contributed by atoms with Crippen LogP contribution in [-0.2, 0) is 28.9 Å².